The van der Waals surface area contributed by atoms with E-state index >= 15 is 0 Å². The molecule has 4 heteroatoms. The summed E-state index contributed by atoms with van der Waals surface area (Å²) in [6.07, 6.45) is 0. The molecule has 1 heterocycles. The first-order valence-corrected chi connectivity index (χ1v) is 7.86. The summed E-state index contributed by atoms with van der Waals surface area (Å²) in [4.78, 5) is 21.3. The van der Waals surface area contributed by atoms with E-state index in [4.69, 9.17) is 0 Å². The van der Waals surface area contributed by atoms with Crippen molar-refractivity contribution in [1.82, 2.24) is 9.97 Å². The van der Waals surface area contributed by atoms with Gasteiger partial charge in [0.05, 0.1) is 5.25 Å². The van der Waals surface area contributed by atoms with E-state index in [9.17, 15) is 4.79 Å². The number of rotatable bonds is 4. The van der Waals surface area contributed by atoms with E-state index in [0.717, 1.165) is 28.1 Å². The SMILES string of the molecule is Cc1ccc(C(=O)[C@H](C)Sc2nc(C)c(C)c(C)n2)cc1. The fourth-order valence-electron chi connectivity index (χ4n) is 1.96. The number of carbonyl (C=O) groups is 1. The molecule has 1 aromatic carbocycles. The Bertz CT molecular complexity index is 642. The molecular formula is C17H20N2OS. The van der Waals surface area contributed by atoms with Crippen molar-refractivity contribution in [2.75, 3.05) is 0 Å². The molecule has 0 radical (unpaired) electrons. The Kier molecular flexibility index (Phi) is 4.78. The zero-order valence-corrected chi connectivity index (χ0v) is 13.9. The summed E-state index contributed by atoms with van der Waals surface area (Å²) in [6.45, 7) is 9.87. The summed E-state index contributed by atoms with van der Waals surface area (Å²) in [5, 5.41) is 0.470. The van der Waals surface area contributed by atoms with Gasteiger partial charge in [0.2, 0.25) is 0 Å². The molecule has 0 N–H and O–H groups in total. The van der Waals surface area contributed by atoms with Crippen LogP contribution in [-0.4, -0.2) is 21.0 Å². The van der Waals surface area contributed by atoms with Crippen LogP contribution in [0.2, 0.25) is 0 Å². The minimum Gasteiger partial charge on any atom is -0.293 e. The normalized spacial score (nSPS) is 12.2. The minimum absolute atomic E-state index is 0.111. The first-order valence-electron chi connectivity index (χ1n) is 6.98. The number of hydrogen-bond donors (Lipinski definition) is 0. The molecule has 0 amide bonds. The third-order valence-electron chi connectivity index (χ3n) is 3.60. The molecule has 0 bridgehead atoms. The largest absolute Gasteiger partial charge is 0.293 e. The van der Waals surface area contributed by atoms with Crippen LogP contribution in [0.1, 0.15) is 39.8 Å². The van der Waals surface area contributed by atoms with Gasteiger partial charge >= 0.3 is 0 Å². The van der Waals surface area contributed by atoms with E-state index in [1.165, 1.54) is 11.8 Å². The predicted octanol–water partition coefficient (Wildman–Crippen LogP) is 4.07. The van der Waals surface area contributed by atoms with Crippen molar-refractivity contribution in [3.05, 3.63) is 52.3 Å². The van der Waals surface area contributed by atoms with E-state index in [0.29, 0.717) is 5.16 Å². The Morgan fingerprint density at radius 1 is 1.00 bits per heavy atom. The van der Waals surface area contributed by atoms with Crippen molar-refractivity contribution >= 4 is 17.5 Å². The van der Waals surface area contributed by atoms with Crippen LogP contribution >= 0.6 is 11.8 Å². The average molecular weight is 300 g/mol. The molecule has 0 aliphatic rings. The van der Waals surface area contributed by atoms with Crippen LogP contribution < -0.4 is 0 Å². The number of aromatic nitrogens is 2. The fraction of sp³-hybridized carbons (Fsp3) is 0.353. The number of benzene rings is 1. The van der Waals surface area contributed by atoms with Crippen LogP contribution in [0.15, 0.2) is 29.4 Å². The zero-order valence-electron chi connectivity index (χ0n) is 13.1. The Balaban J connectivity index is 2.16. The van der Waals surface area contributed by atoms with Gasteiger partial charge in [-0.15, -0.1) is 0 Å². The zero-order chi connectivity index (χ0) is 15.6. The van der Waals surface area contributed by atoms with E-state index in [-0.39, 0.29) is 11.0 Å². The van der Waals surface area contributed by atoms with Gasteiger partial charge < -0.3 is 0 Å². The van der Waals surface area contributed by atoms with E-state index < -0.39 is 0 Å². The molecule has 0 fully saturated rings. The first-order chi connectivity index (χ1) is 9.88. The Morgan fingerprint density at radius 2 is 1.52 bits per heavy atom. The maximum absolute atomic E-state index is 12.4. The lowest BCUT2D eigenvalue weighted by Gasteiger charge is -2.11. The Labute approximate surface area is 130 Å². The molecule has 2 aromatic rings. The number of hydrogen-bond acceptors (Lipinski definition) is 4. The average Bonchev–Trinajstić information content (AvgIpc) is 2.44. The Morgan fingerprint density at radius 3 is 2.05 bits per heavy atom. The second-order valence-electron chi connectivity index (χ2n) is 5.29. The quantitative estimate of drug-likeness (QED) is 0.485. The smallest absolute Gasteiger partial charge is 0.188 e. The summed E-state index contributed by atoms with van der Waals surface area (Å²) < 4.78 is 0. The number of thioether (sulfide) groups is 1. The van der Waals surface area contributed by atoms with Crippen molar-refractivity contribution in [3.8, 4) is 0 Å². The highest BCUT2D eigenvalue weighted by Gasteiger charge is 2.18. The predicted molar refractivity (Wildman–Crippen MR) is 87.1 cm³/mol. The van der Waals surface area contributed by atoms with Gasteiger partial charge in [0, 0.05) is 17.0 Å². The molecular weight excluding hydrogens is 280 g/mol. The van der Waals surface area contributed by atoms with Gasteiger partial charge in [-0.2, -0.15) is 0 Å². The summed E-state index contributed by atoms with van der Waals surface area (Å²) in [6, 6.07) is 7.67. The van der Waals surface area contributed by atoms with E-state index in [1.54, 1.807) is 0 Å². The molecule has 1 aromatic heterocycles. The number of ketones is 1. The number of nitrogens with zero attached hydrogens (tertiary/aromatic N) is 2. The summed E-state index contributed by atoms with van der Waals surface area (Å²) in [7, 11) is 0. The number of carbonyl (C=O) groups excluding carboxylic acids is 1. The van der Waals surface area contributed by atoms with Crippen LogP contribution in [0.5, 0.6) is 0 Å². The van der Waals surface area contributed by atoms with Crippen LogP contribution in [0.25, 0.3) is 0 Å². The summed E-state index contributed by atoms with van der Waals surface area (Å²) >= 11 is 1.42. The first kappa shape index (κ1) is 15.7. The molecule has 2 rings (SSSR count). The lowest BCUT2D eigenvalue weighted by molar-refractivity contribution is 0.0994. The van der Waals surface area contributed by atoms with Gasteiger partial charge in [0.15, 0.2) is 10.9 Å². The topological polar surface area (TPSA) is 42.9 Å². The lowest BCUT2D eigenvalue weighted by Crippen LogP contribution is -2.14. The molecule has 0 saturated carbocycles. The van der Waals surface area contributed by atoms with Crippen LogP contribution in [0, 0.1) is 27.7 Å². The maximum atomic E-state index is 12.4. The number of aryl methyl sites for hydroxylation is 3. The second-order valence-corrected chi connectivity index (χ2v) is 6.60. The highest BCUT2D eigenvalue weighted by atomic mass is 32.2. The molecule has 0 aliphatic heterocycles. The third-order valence-corrected chi connectivity index (χ3v) is 4.56. The lowest BCUT2D eigenvalue weighted by atomic mass is 10.1. The summed E-state index contributed by atoms with van der Waals surface area (Å²) in [5.74, 6) is 0.111. The maximum Gasteiger partial charge on any atom is 0.188 e. The molecule has 0 saturated heterocycles. The van der Waals surface area contributed by atoms with Crippen molar-refractivity contribution in [3.63, 3.8) is 0 Å². The molecule has 110 valence electrons. The van der Waals surface area contributed by atoms with Crippen molar-refractivity contribution < 1.29 is 4.79 Å². The van der Waals surface area contributed by atoms with Crippen LogP contribution in [-0.2, 0) is 0 Å². The highest BCUT2D eigenvalue weighted by Crippen LogP contribution is 2.24. The molecule has 0 unspecified atom stereocenters. The molecule has 0 aliphatic carbocycles. The van der Waals surface area contributed by atoms with Gasteiger partial charge in [-0.25, -0.2) is 9.97 Å². The van der Waals surface area contributed by atoms with Crippen molar-refractivity contribution in [2.45, 2.75) is 45.0 Å². The van der Waals surface area contributed by atoms with Gasteiger partial charge in [-0.1, -0.05) is 41.6 Å². The second kappa shape index (κ2) is 6.39. The number of Topliss-reactive ketones (excluding diaryl/α,β-unsaturated/α-hetero) is 1. The van der Waals surface area contributed by atoms with E-state index in [2.05, 4.69) is 9.97 Å². The van der Waals surface area contributed by atoms with Crippen LogP contribution in [0.3, 0.4) is 0 Å². The monoisotopic (exact) mass is 300 g/mol. The molecule has 21 heavy (non-hydrogen) atoms. The fourth-order valence-corrected chi connectivity index (χ4v) is 2.90. The molecule has 3 nitrogen and oxygen atoms in total. The van der Waals surface area contributed by atoms with Crippen molar-refractivity contribution in [2.24, 2.45) is 0 Å². The molecule has 0 spiro atoms. The van der Waals surface area contributed by atoms with Gasteiger partial charge in [0.25, 0.3) is 0 Å². The van der Waals surface area contributed by atoms with E-state index in [1.807, 2.05) is 58.9 Å². The van der Waals surface area contributed by atoms with Gasteiger partial charge in [-0.05, 0) is 40.2 Å². The van der Waals surface area contributed by atoms with Crippen molar-refractivity contribution in [1.29, 1.82) is 0 Å². The van der Waals surface area contributed by atoms with Crippen LogP contribution in [0.4, 0.5) is 0 Å². The minimum atomic E-state index is -0.200. The highest BCUT2D eigenvalue weighted by molar-refractivity contribution is 8.00. The molecule has 1 atom stereocenters. The third kappa shape index (κ3) is 3.70. The Hall–Kier alpha value is -1.68. The van der Waals surface area contributed by atoms with Gasteiger partial charge in [-0.3, -0.25) is 4.79 Å². The standard InChI is InChI=1S/C17H20N2OS/c1-10-6-8-15(9-7-10)16(20)14(5)21-17-18-12(3)11(2)13(4)19-17/h6-9,14H,1-5H3/t14-/m0/s1. The summed E-state index contributed by atoms with van der Waals surface area (Å²) in [5.41, 5.74) is 4.94. The van der Waals surface area contributed by atoms with Gasteiger partial charge in [0.1, 0.15) is 0 Å².